The molecule has 0 saturated heterocycles. The van der Waals surface area contributed by atoms with Gasteiger partial charge in [-0.1, -0.05) is 25.4 Å². The summed E-state index contributed by atoms with van der Waals surface area (Å²) in [5, 5.41) is 9.38. The van der Waals surface area contributed by atoms with Gasteiger partial charge in [-0.3, -0.25) is 9.59 Å². The molecule has 0 fully saturated rings. The van der Waals surface area contributed by atoms with E-state index in [2.05, 4.69) is 0 Å². The average molecular weight is 297 g/mol. The highest BCUT2D eigenvalue weighted by Crippen LogP contribution is 2.36. The van der Waals surface area contributed by atoms with E-state index >= 15 is 0 Å². The Bertz CT molecular complexity index is 563. The summed E-state index contributed by atoms with van der Waals surface area (Å²) in [6.45, 7) is 4.09. The summed E-state index contributed by atoms with van der Waals surface area (Å²) >= 11 is 6.03. The molecule has 20 heavy (non-hydrogen) atoms. The van der Waals surface area contributed by atoms with Crippen molar-refractivity contribution < 1.29 is 19.4 Å². The molecule has 0 spiro atoms. The van der Waals surface area contributed by atoms with Gasteiger partial charge in [-0.15, -0.1) is 0 Å². The molecule has 0 saturated carbocycles. The normalized spacial score (nSPS) is 13.8. The lowest BCUT2D eigenvalue weighted by Gasteiger charge is -2.21. The largest absolute Gasteiger partial charge is 0.492 e. The van der Waals surface area contributed by atoms with E-state index in [1.807, 2.05) is 6.07 Å². The van der Waals surface area contributed by atoms with Gasteiger partial charge in [-0.25, -0.2) is 0 Å². The first-order valence-electron chi connectivity index (χ1n) is 6.49. The van der Waals surface area contributed by atoms with Gasteiger partial charge in [0.05, 0.1) is 18.6 Å². The van der Waals surface area contributed by atoms with Crippen molar-refractivity contribution in [3.63, 3.8) is 0 Å². The van der Waals surface area contributed by atoms with Crippen LogP contribution in [0.4, 0.5) is 0 Å². The van der Waals surface area contributed by atoms with Gasteiger partial charge in [0.15, 0.2) is 5.78 Å². The summed E-state index contributed by atoms with van der Waals surface area (Å²) in [5.41, 5.74) is 0.803. The Labute approximate surface area is 122 Å². The van der Waals surface area contributed by atoms with Gasteiger partial charge in [0.2, 0.25) is 0 Å². The number of carbonyl (C=O) groups is 2. The molecule has 1 N–H and O–H groups in total. The summed E-state index contributed by atoms with van der Waals surface area (Å²) in [4.78, 5) is 23.2. The number of carboxylic acids is 1. The fourth-order valence-corrected chi connectivity index (χ4v) is 2.72. The molecular formula is C15H17ClO4. The summed E-state index contributed by atoms with van der Waals surface area (Å²) in [7, 11) is 0. The average Bonchev–Trinajstić information content (AvgIpc) is 2.72. The van der Waals surface area contributed by atoms with E-state index in [0.717, 1.165) is 12.0 Å². The molecule has 0 atom stereocenters. The smallest absolute Gasteiger partial charge is 0.303 e. The van der Waals surface area contributed by atoms with Crippen LogP contribution in [0.5, 0.6) is 5.75 Å². The van der Waals surface area contributed by atoms with Crippen molar-refractivity contribution in [2.24, 2.45) is 5.41 Å². The number of Topliss-reactive ketones (excluding diaryl/α,β-unsaturated/α-hetero) is 1. The molecule has 0 unspecified atom stereocenters. The summed E-state index contributed by atoms with van der Waals surface area (Å²) in [6, 6.07) is 3.41. The Hall–Kier alpha value is -1.55. The second-order valence-corrected chi connectivity index (χ2v) is 6.31. The van der Waals surface area contributed by atoms with Crippen LogP contribution in [0.3, 0.4) is 0 Å². The first-order chi connectivity index (χ1) is 9.28. The van der Waals surface area contributed by atoms with E-state index < -0.39 is 11.4 Å². The Kier molecular flexibility index (Phi) is 4.04. The number of fused-ring (bicyclic) bond motifs is 1. The third-order valence-corrected chi connectivity index (χ3v) is 3.54. The van der Waals surface area contributed by atoms with E-state index in [1.54, 1.807) is 19.9 Å². The number of hydrogen-bond acceptors (Lipinski definition) is 3. The highest BCUT2D eigenvalue weighted by Gasteiger charge is 2.29. The van der Waals surface area contributed by atoms with Gasteiger partial charge >= 0.3 is 5.97 Å². The molecular weight excluding hydrogens is 280 g/mol. The molecule has 4 nitrogen and oxygen atoms in total. The summed E-state index contributed by atoms with van der Waals surface area (Å²) < 4.78 is 5.51. The quantitative estimate of drug-likeness (QED) is 0.846. The van der Waals surface area contributed by atoms with E-state index in [4.69, 9.17) is 21.4 Å². The minimum absolute atomic E-state index is 0.0532. The molecule has 0 amide bonds. The molecule has 0 radical (unpaired) electrons. The first-order valence-corrected chi connectivity index (χ1v) is 6.86. The van der Waals surface area contributed by atoms with Gasteiger partial charge in [0, 0.05) is 17.9 Å². The monoisotopic (exact) mass is 296 g/mol. The number of ketones is 1. The Morgan fingerprint density at radius 2 is 2.05 bits per heavy atom. The van der Waals surface area contributed by atoms with Crippen LogP contribution in [0.1, 0.15) is 42.6 Å². The van der Waals surface area contributed by atoms with Crippen LogP contribution in [-0.4, -0.2) is 23.5 Å². The zero-order chi connectivity index (χ0) is 14.9. The Morgan fingerprint density at radius 1 is 1.35 bits per heavy atom. The summed E-state index contributed by atoms with van der Waals surface area (Å²) in [6.07, 6.45) is 0.840. The number of carbonyl (C=O) groups excluding carboxylic acids is 1. The van der Waals surface area contributed by atoms with Gasteiger partial charge in [0.25, 0.3) is 0 Å². The second-order valence-electron chi connectivity index (χ2n) is 5.87. The van der Waals surface area contributed by atoms with Crippen molar-refractivity contribution in [3.05, 3.63) is 28.3 Å². The standard InChI is InChI=1S/C15H17ClO4/c1-15(2,8-13(18)19)7-12(17)11-6-10(16)5-9-3-4-20-14(9)11/h5-6H,3-4,7-8H2,1-2H3,(H,18,19). The number of ether oxygens (including phenoxy) is 1. The molecule has 0 bridgehead atoms. The zero-order valence-electron chi connectivity index (χ0n) is 11.5. The van der Waals surface area contributed by atoms with Crippen LogP contribution in [0, 0.1) is 5.41 Å². The molecule has 1 aromatic carbocycles. The Balaban J connectivity index is 2.24. The van der Waals surface area contributed by atoms with Crippen molar-refractivity contribution >= 4 is 23.4 Å². The van der Waals surface area contributed by atoms with Crippen molar-refractivity contribution in [1.82, 2.24) is 0 Å². The van der Waals surface area contributed by atoms with Crippen LogP contribution in [0.2, 0.25) is 5.02 Å². The molecule has 1 aromatic rings. The maximum Gasteiger partial charge on any atom is 0.303 e. The topological polar surface area (TPSA) is 63.6 Å². The number of hydrogen-bond donors (Lipinski definition) is 1. The number of aliphatic carboxylic acids is 1. The number of halogens is 1. The fraction of sp³-hybridized carbons (Fsp3) is 0.467. The van der Waals surface area contributed by atoms with Crippen LogP contribution in [-0.2, 0) is 11.2 Å². The lowest BCUT2D eigenvalue weighted by atomic mass is 9.82. The van der Waals surface area contributed by atoms with Gasteiger partial charge in [-0.2, -0.15) is 0 Å². The maximum absolute atomic E-state index is 12.4. The lowest BCUT2D eigenvalue weighted by Crippen LogP contribution is -2.21. The first kappa shape index (κ1) is 14.9. The third kappa shape index (κ3) is 3.31. The maximum atomic E-state index is 12.4. The van der Waals surface area contributed by atoms with E-state index in [1.165, 1.54) is 0 Å². The molecule has 1 aliphatic heterocycles. The predicted molar refractivity (Wildman–Crippen MR) is 75.6 cm³/mol. The number of benzene rings is 1. The minimum Gasteiger partial charge on any atom is -0.492 e. The minimum atomic E-state index is -0.907. The predicted octanol–water partition coefficient (Wildman–Crippen LogP) is 3.35. The SMILES string of the molecule is CC(C)(CC(=O)O)CC(=O)c1cc(Cl)cc2c1OCC2. The van der Waals surface area contributed by atoms with E-state index in [0.29, 0.717) is 22.9 Å². The van der Waals surface area contributed by atoms with Crippen molar-refractivity contribution in [1.29, 1.82) is 0 Å². The van der Waals surface area contributed by atoms with Crippen LogP contribution >= 0.6 is 11.6 Å². The number of carboxylic acid groups (broad SMARTS) is 1. The molecule has 108 valence electrons. The Morgan fingerprint density at radius 3 is 2.70 bits per heavy atom. The fourth-order valence-electron chi connectivity index (χ4n) is 2.48. The molecule has 0 aliphatic carbocycles. The summed E-state index contributed by atoms with van der Waals surface area (Å²) in [5.74, 6) is -0.433. The third-order valence-electron chi connectivity index (χ3n) is 3.32. The number of rotatable bonds is 5. The van der Waals surface area contributed by atoms with Gasteiger partial charge < -0.3 is 9.84 Å². The van der Waals surface area contributed by atoms with E-state index in [-0.39, 0.29) is 18.6 Å². The highest BCUT2D eigenvalue weighted by molar-refractivity contribution is 6.31. The van der Waals surface area contributed by atoms with Crippen LogP contribution in [0.15, 0.2) is 12.1 Å². The molecule has 1 aliphatic rings. The van der Waals surface area contributed by atoms with Crippen molar-refractivity contribution in [2.75, 3.05) is 6.61 Å². The van der Waals surface area contributed by atoms with Gasteiger partial charge in [-0.05, 0) is 23.1 Å². The second kappa shape index (κ2) is 5.44. The molecule has 5 heteroatoms. The van der Waals surface area contributed by atoms with Crippen molar-refractivity contribution in [3.8, 4) is 5.75 Å². The molecule has 2 rings (SSSR count). The highest BCUT2D eigenvalue weighted by atomic mass is 35.5. The molecule has 1 heterocycles. The van der Waals surface area contributed by atoms with Crippen LogP contribution < -0.4 is 4.74 Å². The zero-order valence-corrected chi connectivity index (χ0v) is 12.3. The van der Waals surface area contributed by atoms with Crippen molar-refractivity contribution in [2.45, 2.75) is 33.1 Å². The van der Waals surface area contributed by atoms with Gasteiger partial charge in [0.1, 0.15) is 5.75 Å². The van der Waals surface area contributed by atoms with E-state index in [9.17, 15) is 9.59 Å². The molecule has 0 aromatic heterocycles. The lowest BCUT2D eigenvalue weighted by molar-refractivity contribution is -0.139. The van der Waals surface area contributed by atoms with Crippen LogP contribution in [0.25, 0.3) is 0 Å².